The molecule has 0 aromatic heterocycles. The van der Waals surface area contributed by atoms with Gasteiger partial charge in [-0.3, -0.25) is 0 Å². The largest absolute Gasteiger partial charge is 0.372 e. The van der Waals surface area contributed by atoms with Crippen LogP contribution in [0.3, 0.4) is 0 Å². The summed E-state index contributed by atoms with van der Waals surface area (Å²) in [6.07, 6.45) is 4.86. The summed E-state index contributed by atoms with van der Waals surface area (Å²) in [5.74, 6) is 0. The van der Waals surface area contributed by atoms with Crippen molar-refractivity contribution in [3.8, 4) is 0 Å². The van der Waals surface area contributed by atoms with Gasteiger partial charge in [0, 0.05) is 18.8 Å². The van der Waals surface area contributed by atoms with Crippen LogP contribution in [0.1, 0.15) is 30.9 Å². The van der Waals surface area contributed by atoms with Gasteiger partial charge in [-0.1, -0.05) is 12.1 Å². The van der Waals surface area contributed by atoms with Crippen LogP contribution in [0.4, 0.5) is 5.69 Å². The molecule has 0 fully saturated rings. The number of hydrogen-bond acceptors (Lipinski definition) is 2. The Hall–Kier alpha value is -1.02. The number of benzene rings is 1. The lowest BCUT2D eigenvalue weighted by molar-refractivity contribution is 0.727. The molecule has 1 aliphatic heterocycles. The van der Waals surface area contributed by atoms with Crippen LogP contribution in [0.25, 0.3) is 0 Å². The zero-order valence-electron chi connectivity index (χ0n) is 10.2. The molecule has 0 aliphatic carbocycles. The Labute approximate surface area is 98.4 Å². The van der Waals surface area contributed by atoms with Gasteiger partial charge in [0.05, 0.1) is 0 Å². The van der Waals surface area contributed by atoms with Gasteiger partial charge >= 0.3 is 0 Å². The minimum absolute atomic E-state index is 0.746. The van der Waals surface area contributed by atoms with Crippen molar-refractivity contribution in [1.29, 1.82) is 0 Å². The molecule has 2 heteroatoms. The molecule has 0 atom stereocenters. The predicted molar refractivity (Wildman–Crippen MR) is 70.0 cm³/mol. The number of rotatable bonds is 3. The van der Waals surface area contributed by atoms with Gasteiger partial charge in [-0.05, 0) is 56.3 Å². The zero-order chi connectivity index (χ0) is 11.4. The molecule has 88 valence electrons. The maximum Gasteiger partial charge on any atom is 0.0398 e. The molecule has 0 radical (unpaired) electrons. The Bertz CT molecular complexity index is 347. The molecule has 2 N–H and O–H groups in total. The summed E-state index contributed by atoms with van der Waals surface area (Å²) in [5, 5.41) is 0. The first kappa shape index (κ1) is 11.5. The number of aryl methyl sites for hydroxylation is 1. The average molecular weight is 218 g/mol. The first-order chi connectivity index (χ1) is 7.85. The lowest BCUT2D eigenvalue weighted by Crippen LogP contribution is -2.23. The fourth-order valence-corrected chi connectivity index (χ4v) is 2.54. The summed E-state index contributed by atoms with van der Waals surface area (Å²) in [4.78, 5) is 2.49. The van der Waals surface area contributed by atoms with E-state index in [0.717, 1.165) is 19.5 Å². The van der Waals surface area contributed by atoms with Gasteiger partial charge in [-0.15, -0.1) is 0 Å². The summed E-state index contributed by atoms with van der Waals surface area (Å²) in [5.41, 5.74) is 9.96. The van der Waals surface area contributed by atoms with Crippen molar-refractivity contribution in [1.82, 2.24) is 0 Å². The van der Waals surface area contributed by atoms with Crippen LogP contribution in [0.15, 0.2) is 18.2 Å². The highest BCUT2D eigenvalue weighted by molar-refractivity contribution is 5.55. The van der Waals surface area contributed by atoms with Crippen molar-refractivity contribution >= 4 is 5.69 Å². The lowest BCUT2D eigenvalue weighted by Gasteiger charge is -2.23. The Morgan fingerprint density at radius 2 is 2.19 bits per heavy atom. The third-order valence-electron chi connectivity index (χ3n) is 3.42. The Balaban J connectivity index is 2.29. The molecule has 0 unspecified atom stereocenters. The van der Waals surface area contributed by atoms with E-state index in [4.69, 9.17) is 5.73 Å². The minimum atomic E-state index is 0.746. The second-order valence-corrected chi connectivity index (χ2v) is 4.54. The highest BCUT2D eigenvalue weighted by atomic mass is 15.1. The molecule has 0 saturated carbocycles. The first-order valence-electron chi connectivity index (χ1n) is 6.42. The van der Waals surface area contributed by atoms with E-state index in [9.17, 15) is 0 Å². The van der Waals surface area contributed by atoms with Crippen molar-refractivity contribution in [2.75, 3.05) is 24.5 Å². The number of nitrogens with two attached hydrogens (primary N) is 1. The molecule has 0 bridgehead atoms. The fraction of sp³-hybridized carbons (Fsp3) is 0.571. The molecule has 1 aromatic rings. The van der Waals surface area contributed by atoms with E-state index in [1.54, 1.807) is 0 Å². The molecule has 0 saturated heterocycles. The Kier molecular flexibility index (Phi) is 3.83. The number of anilines is 1. The fourth-order valence-electron chi connectivity index (χ4n) is 2.54. The van der Waals surface area contributed by atoms with E-state index in [0.29, 0.717) is 0 Å². The van der Waals surface area contributed by atoms with Crippen LogP contribution in [0, 0.1) is 0 Å². The molecule has 2 nitrogen and oxygen atoms in total. The molecular weight excluding hydrogens is 196 g/mol. The van der Waals surface area contributed by atoms with Gasteiger partial charge in [0.1, 0.15) is 0 Å². The third kappa shape index (κ3) is 2.38. The van der Waals surface area contributed by atoms with E-state index in [2.05, 4.69) is 30.0 Å². The molecule has 1 aromatic carbocycles. The monoisotopic (exact) mass is 218 g/mol. The van der Waals surface area contributed by atoms with Crippen LogP contribution >= 0.6 is 0 Å². The van der Waals surface area contributed by atoms with Gasteiger partial charge in [-0.2, -0.15) is 0 Å². The molecule has 1 aliphatic rings. The SMILES string of the molecule is CCN1CCCCc2cc(CCN)ccc21. The van der Waals surface area contributed by atoms with Crippen LogP contribution in [-0.4, -0.2) is 19.6 Å². The lowest BCUT2D eigenvalue weighted by atomic mass is 10.0. The summed E-state index contributed by atoms with van der Waals surface area (Å²) in [6, 6.07) is 6.88. The standard InChI is InChI=1S/C14H22N2/c1-2-16-10-4-3-5-13-11-12(8-9-15)6-7-14(13)16/h6-7,11H,2-5,8-10,15H2,1H3. The van der Waals surface area contributed by atoms with Crippen molar-refractivity contribution in [2.24, 2.45) is 5.73 Å². The Morgan fingerprint density at radius 3 is 2.94 bits per heavy atom. The van der Waals surface area contributed by atoms with Crippen LogP contribution < -0.4 is 10.6 Å². The van der Waals surface area contributed by atoms with Crippen molar-refractivity contribution in [2.45, 2.75) is 32.6 Å². The second kappa shape index (κ2) is 5.35. The Morgan fingerprint density at radius 1 is 1.31 bits per heavy atom. The van der Waals surface area contributed by atoms with E-state index in [-0.39, 0.29) is 0 Å². The minimum Gasteiger partial charge on any atom is -0.372 e. The van der Waals surface area contributed by atoms with Gasteiger partial charge in [-0.25, -0.2) is 0 Å². The quantitative estimate of drug-likeness (QED) is 0.844. The molecule has 1 heterocycles. The average Bonchev–Trinajstić information content (AvgIpc) is 2.50. The maximum atomic E-state index is 5.61. The van der Waals surface area contributed by atoms with Gasteiger partial charge < -0.3 is 10.6 Å². The summed E-state index contributed by atoms with van der Waals surface area (Å²) in [6.45, 7) is 5.31. The highest BCUT2D eigenvalue weighted by Gasteiger charge is 2.13. The number of nitrogens with zero attached hydrogens (tertiary/aromatic N) is 1. The van der Waals surface area contributed by atoms with E-state index in [1.807, 2.05) is 0 Å². The van der Waals surface area contributed by atoms with Crippen molar-refractivity contribution in [3.05, 3.63) is 29.3 Å². The van der Waals surface area contributed by atoms with E-state index >= 15 is 0 Å². The highest BCUT2D eigenvalue weighted by Crippen LogP contribution is 2.27. The number of fused-ring (bicyclic) bond motifs is 1. The molecule has 2 rings (SSSR count). The van der Waals surface area contributed by atoms with Crippen molar-refractivity contribution in [3.63, 3.8) is 0 Å². The molecule has 16 heavy (non-hydrogen) atoms. The normalized spacial score (nSPS) is 15.8. The smallest absolute Gasteiger partial charge is 0.0398 e. The summed E-state index contributed by atoms with van der Waals surface area (Å²) in [7, 11) is 0. The predicted octanol–water partition coefficient (Wildman–Crippen LogP) is 2.35. The maximum absolute atomic E-state index is 5.61. The van der Waals surface area contributed by atoms with Gasteiger partial charge in [0.15, 0.2) is 0 Å². The van der Waals surface area contributed by atoms with Crippen LogP contribution in [0.2, 0.25) is 0 Å². The van der Waals surface area contributed by atoms with E-state index < -0.39 is 0 Å². The third-order valence-corrected chi connectivity index (χ3v) is 3.42. The van der Waals surface area contributed by atoms with Crippen LogP contribution in [-0.2, 0) is 12.8 Å². The summed E-state index contributed by atoms with van der Waals surface area (Å²) >= 11 is 0. The molecular formula is C14H22N2. The van der Waals surface area contributed by atoms with Gasteiger partial charge in [0.25, 0.3) is 0 Å². The van der Waals surface area contributed by atoms with E-state index in [1.165, 1.54) is 42.6 Å². The zero-order valence-corrected chi connectivity index (χ0v) is 10.2. The molecule has 0 spiro atoms. The summed E-state index contributed by atoms with van der Waals surface area (Å²) < 4.78 is 0. The van der Waals surface area contributed by atoms with Crippen molar-refractivity contribution < 1.29 is 0 Å². The van der Waals surface area contributed by atoms with Gasteiger partial charge in [0.2, 0.25) is 0 Å². The molecule has 0 amide bonds. The second-order valence-electron chi connectivity index (χ2n) is 4.54. The van der Waals surface area contributed by atoms with Crippen LogP contribution in [0.5, 0.6) is 0 Å². The number of hydrogen-bond donors (Lipinski definition) is 1. The topological polar surface area (TPSA) is 29.3 Å². The first-order valence-corrected chi connectivity index (χ1v) is 6.42.